The Morgan fingerprint density at radius 2 is 1.12 bits per heavy atom. The van der Waals surface area contributed by atoms with E-state index in [1.165, 1.54) is 0 Å². The first-order valence-corrected chi connectivity index (χ1v) is 9.42. The zero-order valence-corrected chi connectivity index (χ0v) is 16.9. The fourth-order valence-corrected chi connectivity index (χ4v) is 2.78. The lowest BCUT2D eigenvalue weighted by atomic mass is 10.1. The van der Waals surface area contributed by atoms with Gasteiger partial charge in [-0.3, -0.25) is 9.59 Å². The van der Waals surface area contributed by atoms with Crippen LogP contribution in [-0.4, -0.2) is 23.9 Å². The molecule has 0 fully saturated rings. The molecule has 0 radical (unpaired) electrons. The lowest BCUT2D eigenvalue weighted by Crippen LogP contribution is -2.38. The molecule has 0 aliphatic carbocycles. The van der Waals surface area contributed by atoms with Crippen molar-refractivity contribution in [2.45, 2.75) is 66.5 Å². The first-order valence-electron chi connectivity index (χ1n) is 9.42. The summed E-state index contributed by atoms with van der Waals surface area (Å²) < 4.78 is 0. The molecule has 0 aliphatic rings. The van der Waals surface area contributed by atoms with E-state index in [0.29, 0.717) is 0 Å². The van der Waals surface area contributed by atoms with Gasteiger partial charge in [0, 0.05) is 23.5 Å². The highest BCUT2D eigenvalue weighted by molar-refractivity contribution is 6.03. The van der Waals surface area contributed by atoms with E-state index in [9.17, 15) is 9.59 Å². The number of benzene rings is 1. The molecule has 2 amide bonds. The van der Waals surface area contributed by atoms with Gasteiger partial charge in [0.05, 0.1) is 0 Å². The van der Waals surface area contributed by atoms with Gasteiger partial charge >= 0.3 is 0 Å². The summed E-state index contributed by atoms with van der Waals surface area (Å²) in [6.07, 6.45) is 8.41. The number of rotatable bonds is 8. The molecular weight excluding hydrogens is 324 g/mol. The standard InChI is InChI=1S/C22H32N2O2/c1-7-11-21(25)23(17(5)9-3)19-13-15-20(16-14-19)24(18(6)10-4)22(26)12-8-2/h7-8,11-18H,9-10H2,1-6H3/b11-7-,12-8+/t17-,18+/m0/s1. The van der Waals surface area contributed by atoms with Crippen LogP contribution < -0.4 is 9.80 Å². The highest BCUT2D eigenvalue weighted by Crippen LogP contribution is 2.26. The van der Waals surface area contributed by atoms with Crippen molar-refractivity contribution in [3.05, 3.63) is 48.6 Å². The van der Waals surface area contributed by atoms with E-state index >= 15 is 0 Å². The number of carbonyl (C=O) groups is 2. The molecule has 0 saturated heterocycles. The van der Waals surface area contributed by atoms with Gasteiger partial charge < -0.3 is 9.80 Å². The summed E-state index contributed by atoms with van der Waals surface area (Å²) in [5.41, 5.74) is 1.68. The Kier molecular flexibility index (Phi) is 8.83. The third kappa shape index (κ3) is 5.32. The van der Waals surface area contributed by atoms with Gasteiger partial charge in [-0.05, 0) is 77.0 Å². The third-order valence-electron chi connectivity index (χ3n) is 4.56. The molecule has 0 spiro atoms. The Morgan fingerprint density at radius 3 is 1.35 bits per heavy atom. The van der Waals surface area contributed by atoms with Gasteiger partial charge in [0.2, 0.25) is 0 Å². The monoisotopic (exact) mass is 356 g/mol. The summed E-state index contributed by atoms with van der Waals surface area (Å²) in [6.45, 7) is 11.9. The normalized spacial score (nSPS) is 13.8. The number of amides is 2. The maximum Gasteiger partial charge on any atom is 0.250 e. The lowest BCUT2D eigenvalue weighted by Gasteiger charge is -2.30. The van der Waals surface area contributed by atoms with Gasteiger partial charge in [0.15, 0.2) is 0 Å². The zero-order chi connectivity index (χ0) is 19.7. The van der Waals surface area contributed by atoms with Crippen LogP contribution in [0, 0.1) is 0 Å². The Bertz CT molecular complexity index is 590. The molecule has 2 atom stereocenters. The predicted molar refractivity (Wildman–Crippen MR) is 111 cm³/mol. The van der Waals surface area contributed by atoms with E-state index in [1.807, 2.05) is 52.0 Å². The van der Waals surface area contributed by atoms with Crippen LogP contribution in [0.15, 0.2) is 48.6 Å². The molecule has 1 rings (SSSR count). The van der Waals surface area contributed by atoms with Gasteiger partial charge in [-0.2, -0.15) is 0 Å². The van der Waals surface area contributed by atoms with Gasteiger partial charge in [-0.15, -0.1) is 0 Å². The highest BCUT2D eigenvalue weighted by Gasteiger charge is 2.21. The van der Waals surface area contributed by atoms with Crippen LogP contribution in [0.25, 0.3) is 0 Å². The Hall–Kier alpha value is -2.36. The van der Waals surface area contributed by atoms with Crippen LogP contribution in [0.1, 0.15) is 54.4 Å². The molecule has 0 bridgehead atoms. The molecular formula is C22H32N2O2. The van der Waals surface area contributed by atoms with E-state index in [2.05, 4.69) is 13.8 Å². The second-order valence-corrected chi connectivity index (χ2v) is 6.45. The van der Waals surface area contributed by atoms with Crippen molar-refractivity contribution in [1.82, 2.24) is 0 Å². The largest absolute Gasteiger partial charge is 0.306 e. The number of hydrogen-bond donors (Lipinski definition) is 0. The highest BCUT2D eigenvalue weighted by atomic mass is 16.2. The molecule has 0 saturated carbocycles. The predicted octanol–water partition coefficient (Wildman–Crippen LogP) is 5.10. The van der Waals surface area contributed by atoms with Gasteiger partial charge in [0.25, 0.3) is 11.8 Å². The maximum absolute atomic E-state index is 12.5. The lowest BCUT2D eigenvalue weighted by molar-refractivity contribution is -0.115. The van der Waals surface area contributed by atoms with Crippen LogP contribution in [0.5, 0.6) is 0 Å². The molecule has 142 valence electrons. The third-order valence-corrected chi connectivity index (χ3v) is 4.56. The molecule has 0 heterocycles. The molecule has 4 heteroatoms. The summed E-state index contributed by atoms with van der Waals surface area (Å²) in [4.78, 5) is 28.5. The SMILES string of the molecule is C/C=C\C(=O)N(c1ccc(N(C(=O)/C=C/C)[C@H](C)CC)cc1)[C@@H](C)CC. The fourth-order valence-electron chi connectivity index (χ4n) is 2.78. The van der Waals surface area contributed by atoms with Crippen molar-refractivity contribution in [3.63, 3.8) is 0 Å². The molecule has 1 aromatic rings. The minimum Gasteiger partial charge on any atom is -0.306 e. The minimum atomic E-state index is -0.0293. The van der Waals surface area contributed by atoms with Gasteiger partial charge in [-0.1, -0.05) is 26.0 Å². The van der Waals surface area contributed by atoms with Crippen LogP contribution in [-0.2, 0) is 9.59 Å². The summed E-state index contributed by atoms with van der Waals surface area (Å²) in [5.74, 6) is -0.0586. The average molecular weight is 357 g/mol. The summed E-state index contributed by atoms with van der Waals surface area (Å²) >= 11 is 0. The van der Waals surface area contributed by atoms with Crippen LogP contribution in [0.4, 0.5) is 11.4 Å². The Morgan fingerprint density at radius 1 is 0.808 bits per heavy atom. The quantitative estimate of drug-likeness (QED) is 0.608. The molecule has 0 unspecified atom stereocenters. The van der Waals surface area contributed by atoms with E-state index in [1.54, 1.807) is 34.1 Å². The summed E-state index contributed by atoms with van der Waals surface area (Å²) in [6, 6.07) is 7.87. The second kappa shape index (κ2) is 10.6. The van der Waals surface area contributed by atoms with Crippen LogP contribution in [0.3, 0.4) is 0 Å². The Balaban J connectivity index is 3.24. The number of nitrogens with zero attached hydrogens (tertiary/aromatic N) is 2. The average Bonchev–Trinajstić information content (AvgIpc) is 2.63. The van der Waals surface area contributed by atoms with Crippen LogP contribution >= 0.6 is 0 Å². The van der Waals surface area contributed by atoms with E-state index in [-0.39, 0.29) is 23.9 Å². The number of carbonyl (C=O) groups excluding carboxylic acids is 2. The number of anilines is 2. The maximum atomic E-state index is 12.5. The Labute approximate surface area is 158 Å². The molecule has 0 aliphatic heterocycles. The number of allylic oxidation sites excluding steroid dienone is 2. The first-order chi connectivity index (χ1) is 12.4. The number of hydrogen-bond acceptors (Lipinski definition) is 2. The van der Waals surface area contributed by atoms with E-state index < -0.39 is 0 Å². The smallest absolute Gasteiger partial charge is 0.250 e. The molecule has 1 aromatic carbocycles. The van der Waals surface area contributed by atoms with E-state index in [4.69, 9.17) is 0 Å². The van der Waals surface area contributed by atoms with Gasteiger partial charge in [-0.25, -0.2) is 0 Å². The summed E-state index contributed by atoms with van der Waals surface area (Å²) in [7, 11) is 0. The zero-order valence-electron chi connectivity index (χ0n) is 16.9. The fraction of sp³-hybridized carbons (Fsp3) is 0.455. The topological polar surface area (TPSA) is 40.6 Å². The van der Waals surface area contributed by atoms with Crippen molar-refractivity contribution in [3.8, 4) is 0 Å². The molecule has 26 heavy (non-hydrogen) atoms. The van der Waals surface area contributed by atoms with Crippen molar-refractivity contribution >= 4 is 23.2 Å². The van der Waals surface area contributed by atoms with Gasteiger partial charge in [0.1, 0.15) is 0 Å². The molecule has 4 nitrogen and oxygen atoms in total. The first kappa shape index (κ1) is 21.7. The summed E-state index contributed by atoms with van der Waals surface area (Å²) in [5, 5.41) is 0. The van der Waals surface area contributed by atoms with Crippen molar-refractivity contribution in [2.75, 3.05) is 9.80 Å². The van der Waals surface area contributed by atoms with Crippen LogP contribution in [0.2, 0.25) is 0 Å². The van der Waals surface area contributed by atoms with Crippen molar-refractivity contribution < 1.29 is 9.59 Å². The molecule has 0 aromatic heterocycles. The van der Waals surface area contributed by atoms with E-state index in [0.717, 1.165) is 24.2 Å². The van der Waals surface area contributed by atoms with Crippen molar-refractivity contribution in [1.29, 1.82) is 0 Å². The van der Waals surface area contributed by atoms with Crippen molar-refractivity contribution in [2.24, 2.45) is 0 Å². The second-order valence-electron chi connectivity index (χ2n) is 6.45. The molecule has 0 N–H and O–H groups in total. The minimum absolute atomic E-state index is 0.0293.